The summed E-state index contributed by atoms with van der Waals surface area (Å²) in [5, 5.41) is 9.26. The van der Waals surface area contributed by atoms with E-state index in [-0.39, 0.29) is 5.41 Å². The first-order valence-electron chi connectivity index (χ1n) is 5.63. The van der Waals surface area contributed by atoms with Crippen molar-refractivity contribution in [3.05, 3.63) is 11.6 Å². The molecule has 0 aliphatic heterocycles. The molecule has 1 rings (SSSR count). The molecule has 1 aliphatic carbocycles. The molecule has 1 aliphatic rings. The lowest BCUT2D eigenvalue weighted by Gasteiger charge is -2.32. The fourth-order valence-electron chi connectivity index (χ4n) is 2.08. The van der Waals surface area contributed by atoms with Crippen LogP contribution in [0.4, 0.5) is 0 Å². The molecule has 1 saturated carbocycles. The van der Waals surface area contributed by atoms with Crippen LogP contribution in [0.3, 0.4) is 0 Å². The van der Waals surface area contributed by atoms with Gasteiger partial charge in [0.05, 0.1) is 11.5 Å². The topological polar surface area (TPSA) is 23.8 Å². The maximum Gasteiger partial charge on any atom is 0.0693 e. The summed E-state index contributed by atoms with van der Waals surface area (Å²) < 4.78 is 0. The van der Waals surface area contributed by atoms with Crippen molar-refractivity contribution in [3.63, 3.8) is 0 Å². The molecule has 0 heterocycles. The lowest BCUT2D eigenvalue weighted by Crippen LogP contribution is -2.24. The van der Waals surface area contributed by atoms with E-state index in [0.29, 0.717) is 0 Å². The van der Waals surface area contributed by atoms with E-state index in [1.165, 1.54) is 18.4 Å². The van der Waals surface area contributed by atoms with Crippen molar-refractivity contribution in [2.75, 3.05) is 0 Å². The standard InChI is InChI=1S/C13H21N/c1-11(2)4-7-13(10-14)8-5-12(3)6-9-13/h4,12H,5-9H2,1-3H3. The fraction of sp³-hybridized carbons (Fsp3) is 0.769. The molecule has 0 amide bonds. The van der Waals surface area contributed by atoms with Gasteiger partial charge in [-0.3, -0.25) is 0 Å². The SMILES string of the molecule is CC(C)=CCC1(C#N)CCC(C)CC1. The van der Waals surface area contributed by atoms with Gasteiger partial charge in [-0.05, 0) is 51.9 Å². The van der Waals surface area contributed by atoms with Gasteiger partial charge in [-0.2, -0.15) is 5.26 Å². The van der Waals surface area contributed by atoms with Gasteiger partial charge < -0.3 is 0 Å². The van der Waals surface area contributed by atoms with Crippen molar-refractivity contribution < 1.29 is 0 Å². The molecule has 0 bridgehead atoms. The Morgan fingerprint density at radius 2 is 2.00 bits per heavy atom. The molecule has 0 radical (unpaired) electrons. The first-order chi connectivity index (χ1) is 6.58. The Morgan fingerprint density at radius 1 is 1.43 bits per heavy atom. The molecule has 1 nitrogen and oxygen atoms in total. The molecule has 1 heteroatoms. The van der Waals surface area contributed by atoms with Crippen LogP contribution in [-0.2, 0) is 0 Å². The van der Waals surface area contributed by atoms with Crippen LogP contribution >= 0.6 is 0 Å². The second-order valence-corrected chi connectivity index (χ2v) is 5.06. The Hall–Kier alpha value is -0.770. The largest absolute Gasteiger partial charge is 0.198 e. The van der Waals surface area contributed by atoms with Crippen molar-refractivity contribution in [1.29, 1.82) is 5.26 Å². The first kappa shape index (κ1) is 11.3. The third-order valence-electron chi connectivity index (χ3n) is 3.37. The van der Waals surface area contributed by atoms with Crippen molar-refractivity contribution in [3.8, 4) is 6.07 Å². The Kier molecular flexibility index (Phi) is 3.75. The summed E-state index contributed by atoms with van der Waals surface area (Å²) in [6.45, 7) is 6.51. The Bertz CT molecular complexity index is 245. The zero-order valence-electron chi connectivity index (χ0n) is 9.64. The Morgan fingerprint density at radius 3 is 2.43 bits per heavy atom. The zero-order valence-corrected chi connectivity index (χ0v) is 9.64. The van der Waals surface area contributed by atoms with Gasteiger partial charge in [-0.15, -0.1) is 0 Å². The highest BCUT2D eigenvalue weighted by atomic mass is 14.4. The lowest BCUT2D eigenvalue weighted by atomic mass is 9.70. The summed E-state index contributed by atoms with van der Waals surface area (Å²) in [7, 11) is 0. The molecular formula is C13H21N. The molecule has 0 N–H and O–H groups in total. The van der Waals surface area contributed by atoms with Crippen LogP contribution < -0.4 is 0 Å². The summed E-state index contributed by atoms with van der Waals surface area (Å²) in [5.41, 5.74) is 1.29. The third kappa shape index (κ3) is 2.87. The molecule has 0 aromatic rings. The van der Waals surface area contributed by atoms with E-state index >= 15 is 0 Å². The molecule has 0 saturated heterocycles. The minimum absolute atomic E-state index is 0.0379. The average molecular weight is 191 g/mol. The van der Waals surface area contributed by atoms with Gasteiger partial charge in [0, 0.05) is 0 Å². The van der Waals surface area contributed by atoms with E-state index in [4.69, 9.17) is 0 Å². The van der Waals surface area contributed by atoms with Crippen LogP contribution in [0.5, 0.6) is 0 Å². The molecule has 0 atom stereocenters. The first-order valence-corrected chi connectivity index (χ1v) is 5.63. The predicted molar refractivity (Wildman–Crippen MR) is 59.7 cm³/mol. The Labute approximate surface area is 87.8 Å². The highest BCUT2D eigenvalue weighted by Crippen LogP contribution is 2.41. The van der Waals surface area contributed by atoms with Gasteiger partial charge in [0.2, 0.25) is 0 Å². The highest BCUT2D eigenvalue weighted by Gasteiger charge is 2.32. The van der Waals surface area contributed by atoms with Crippen molar-refractivity contribution in [1.82, 2.24) is 0 Å². The van der Waals surface area contributed by atoms with Crippen LogP contribution in [0, 0.1) is 22.7 Å². The summed E-state index contributed by atoms with van der Waals surface area (Å²) in [5.74, 6) is 0.822. The maximum atomic E-state index is 9.26. The van der Waals surface area contributed by atoms with Crippen LogP contribution in [-0.4, -0.2) is 0 Å². The summed E-state index contributed by atoms with van der Waals surface area (Å²) >= 11 is 0. The zero-order chi connectivity index (χ0) is 10.6. The summed E-state index contributed by atoms with van der Waals surface area (Å²) in [4.78, 5) is 0. The number of rotatable bonds is 2. The predicted octanol–water partition coefficient (Wildman–Crippen LogP) is 4.06. The maximum absolute atomic E-state index is 9.26. The summed E-state index contributed by atoms with van der Waals surface area (Å²) in [6.07, 6.45) is 7.81. The minimum atomic E-state index is -0.0379. The van der Waals surface area contributed by atoms with Gasteiger partial charge in [-0.25, -0.2) is 0 Å². The molecular weight excluding hydrogens is 170 g/mol. The number of allylic oxidation sites excluding steroid dienone is 2. The smallest absolute Gasteiger partial charge is 0.0693 e. The highest BCUT2D eigenvalue weighted by molar-refractivity contribution is 5.07. The number of hydrogen-bond acceptors (Lipinski definition) is 1. The second kappa shape index (κ2) is 4.64. The molecule has 14 heavy (non-hydrogen) atoms. The van der Waals surface area contributed by atoms with Crippen LogP contribution in [0.2, 0.25) is 0 Å². The van der Waals surface area contributed by atoms with Crippen LogP contribution in [0.15, 0.2) is 11.6 Å². The quantitative estimate of drug-likeness (QED) is 0.604. The van der Waals surface area contributed by atoms with Crippen molar-refractivity contribution >= 4 is 0 Å². The minimum Gasteiger partial charge on any atom is -0.198 e. The van der Waals surface area contributed by atoms with Gasteiger partial charge in [0.1, 0.15) is 0 Å². The molecule has 0 spiro atoms. The third-order valence-corrected chi connectivity index (χ3v) is 3.37. The van der Waals surface area contributed by atoms with E-state index in [1.54, 1.807) is 0 Å². The number of hydrogen-bond donors (Lipinski definition) is 0. The van der Waals surface area contributed by atoms with Crippen molar-refractivity contribution in [2.24, 2.45) is 11.3 Å². The molecule has 1 fully saturated rings. The lowest BCUT2D eigenvalue weighted by molar-refractivity contribution is 0.222. The van der Waals surface area contributed by atoms with E-state index in [9.17, 15) is 5.26 Å². The number of nitrogens with zero attached hydrogens (tertiary/aromatic N) is 1. The molecule has 0 unspecified atom stereocenters. The molecule has 0 aromatic carbocycles. The van der Waals surface area contributed by atoms with Crippen LogP contribution in [0.1, 0.15) is 52.9 Å². The van der Waals surface area contributed by atoms with E-state index in [2.05, 4.69) is 32.9 Å². The van der Waals surface area contributed by atoms with Gasteiger partial charge in [-0.1, -0.05) is 18.6 Å². The number of nitriles is 1. The van der Waals surface area contributed by atoms with Gasteiger partial charge in [0.15, 0.2) is 0 Å². The average Bonchev–Trinajstić information content (AvgIpc) is 2.18. The van der Waals surface area contributed by atoms with E-state index in [1.807, 2.05) is 0 Å². The Balaban J connectivity index is 2.60. The van der Waals surface area contributed by atoms with Crippen molar-refractivity contribution in [2.45, 2.75) is 52.9 Å². The van der Waals surface area contributed by atoms with Gasteiger partial charge >= 0.3 is 0 Å². The van der Waals surface area contributed by atoms with Crippen LogP contribution in [0.25, 0.3) is 0 Å². The molecule has 78 valence electrons. The van der Waals surface area contributed by atoms with E-state index in [0.717, 1.165) is 25.2 Å². The normalized spacial score (nSPS) is 32.0. The fourth-order valence-corrected chi connectivity index (χ4v) is 2.08. The monoisotopic (exact) mass is 191 g/mol. The molecule has 0 aromatic heterocycles. The van der Waals surface area contributed by atoms with E-state index < -0.39 is 0 Å². The second-order valence-electron chi connectivity index (χ2n) is 5.06. The van der Waals surface area contributed by atoms with Gasteiger partial charge in [0.25, 0.3) is 0 Å². The summed E-state index contributed by atoms with van der Waals surface area (Å²) in [6, 6.07) is 2.55.